The van der Waals surface area contributed by atoms with Gasteiger partial charge in [-0.3, -0.25) is 0 Å². The van der Waals surface area contributed by atoms with Crippen LogP contribution in [0, 0.1) is 23.6 Å². The largest absolute Gasteiger partial charge is 0.493 e. The highest BCUT2D eigenvalue weighted by molar-refractivity contribution is 5.88. The van der Waals surface area contributed by atoms with Gasteiger partial charge in [-0.05, 0) is 49.1 Å². The van der Waals surface area contributed by atoms with E-state index >= 15 is 0 Å². The van der Waals surface area contributed by atoms with Crippen molar-refractivity contribution < 1.29 is 19.0 Å². The number of carbonyl (C=O) groups is 1. The van der Waals surface area contributed by atoms with Crippen LogP contribution in [0.3, 0.4) is 0 Å². The number of carboxylic acid groups (broad SMARTS) is 1. The minimum Gasteiger partial charge on any atom is -0.493 e. The molecule has 2 fully saturated rings. The van der Waals surface area contributed by atoms with Crippen LogP contribution in [0.15, 0.2) is 18.2 Å². The molecule has 2 saturated carbocycles. The quantitative estimate of drug-likeness (QED) is 0.907. The van der Waals surface area contributed by atoms with Crippen molar-refractivity contribution >= 4 is 5.97 Å². The molecule has 3 unspecified atom stereocenters. The van der Waals surface area contributed by atoms with Gasteiger partial charge in [0.25, 0.3) is 0 Å². The summed E-state index contributed by atoms with van der Waals surface area (Å²) in [5.41, 5.74) is -0.0667. The molecule has 1 N–H and O–H groups in total. The van der Waals surface area contributed by atoms with E-state index in [1.54, 1.807) is 0 Å². The Morgan fingerprint density at radius 3 is 2.79 bits per heavy atom. The number of aromatic carboxylic acids is 1. The van der Waals surface area contributed by atoms with Gasteiger partial charge in [0.15, 0.2) is 0 Å². The zero-order chi connectivity index (χ0) is 13.4. The number of rotatable bonds is 4. The summed E-state index contributed by atoms with van der Waals surface area (Å²) in [7, 11) is 0. The molecule has 1 aromatic carbocycles. The number of hydrogen-bond acceptors (Lipinski definition) is 2. The number of fused-ring (bicyclic) bond motifs is 2. The lowest BCUT2D eigenvalue weighted by molar-refractivity contribution is 0.0695. The van der Waals surface area contributed by atoms with E-state index in [1.165, 1.54) is 37.8 Å². The van der Waals surface area contributed by atoms with Crippen LogP contribution < -0.4 is 4.74 Å². The highest BCUT2D eigenvalue weighted by atomic mass is 19.1. The molecule has 3 atom stereocenters. The van der Waals surface area contributed by atoms with Gasteiger partial charge in [-0.2, -0.15) is 0 Å². The van der Waals surface area contributed by atoms with Gasteiger partial charge in [-0.15, -0.1) is 0 Å². The van der Waals surface area contributed by atoms with Crippen LogP contribution in [-0.2, 0) is 0 Å². The number of hydrogen-bond donors (Lipinski definition) is 1. The molecule has 0 aromatic heterocycles. The molecule has 0 amide bonds. The Morgan fingerprint density at radius 2 is 2.16 bits per heavy atom. The summed E-state index contributed by atoms with van der Waals surface area (Å²) in [6, 6.07) is 3.64. The molecule has 2 bridgehead atoms. The van der Waals surface area contributed by atoms with E-state index in [4.69, 9.17) is 9.84 Å². The lowest BCUT2D eigenvalue weighted by Crippen LogP contribution is -2.18. The minimum absolute atomic E-state index is 0.0667. The molecule has 3 nitrogen and oxygen atoms in total. The standard InChI is InChI=1S/C15H17FO3/c16-13-5-11(15(17)18)6-14(7-13)19-8-12-4-9-1-2-10(12)3-9/h5-7,9-10,12H,1-4,8H2,(H,17,18). The molecule has 0 saturated heterocycles. The normalized spacial score (nSPS) is 28.6. The first kappa shape index (κ1) is 12.5. The third-order valence-corrected chi connectivity index (χ3v) is 4.47. The highest BCUT2D eigenvalue weighted by Gasteiger charge is 2.39. The van der Waals surface area contributed by atoms with Crippen LogP contribution in [0.5, 0.6) is 5.75 Å². The first-order valence-electron chi connectivity index (χ1n) is 6.78. The smallest absolute Gasteiger partial charge is 0.335 e. The maximum absolute atomic E-state index is 13.3. The van der Waals surface area contributed by atoms with E-state index in [1.807, 2.05) is 0 Å². The first-order chi connectivity index (χ1) is 9.11. The predicted octanol–water partition coefficient (Wildman–Crippen LogP) is 3.34. The monoisotopic (exact) mass is 264 g/mol. The topological polar surface area (TPSA) is 46.5 Å². The Labute approximate surface area is 111 Å². The number of benzene rings is 1. The average Bonchev–Trinajstić information content (AvgIpc) is 2.97. The van der Waals surface area contributed by atoms with E-state index < -0.39 is 11.8 Å². The summed E-state index contributed by atoms with van der Waals surface area (Å²) in [6.45, 7) is 0.573. The summed E-state index contributed by atoms with van der Waals surface area (Å²) >= 11 is 0. The van der Waals surface area contributed by atoms with Crippen molar-refractivity contribution in [2.45, 2.75) is 25.7 Å². The van der Waals surface area contributed by atoms with Gasteiger partial charge in [-0.1, -0.05) is 6.42 Å². The number of halogens is 1. The van der Waals surface area contributed by atoms with Crippen molar-refractivity contribution in [3.8, 4) is 5.75 Å². The second kappa shape index (κ2) is 4.83. The van der Waals surface area contributed by atoms with E-state index in [9.17, 15) is 9.18 Å². The second-order valence-electron chi connectivity index (χ2n) is 5.73. The van der Waals surface area contributed by atoms with Gasteiger partial charge in [0.1, 0.15) is 11.6 Å². The molecule has 1 aromatic rings. The van der Waals surface area contributed by atoms with Crippen molar-refractivity contribution in [1.29, 1.82) is 0 Å². The molecule has 0 radical (unpaired) electrons. The zero-order valence-electron chi connectivity index (χ0n) is 10.6. The third kappa shape index (κ3) is 2.57. The molecule has 0 heterocycles. The SMILES string of the molecule is O=C(O)c1cc(F)cc(OCC2CC3CCC2C3)c1. The van der Waals surface area contributed by atoms with E-state index in [-0.39, 0.29) is 5.56 Å². The lowest BCUT2D eigenvalue weighted by Gasteiger charge is -2.21. The Kier molecular flexibility index (Phi) is 3.17. The fourth-order valence-corrected chi connectivity index (χ4v) is 3.55. The van der Waals surface area contributed by atoms with Gasteiger partial charge in [-0.25, -0.2) is 9.18 Å². The number of carboxylic acids is 1. The fourth-order valence-electron chi connectivity index (χ4n) is 3.55. The maximum Gasteiger partial charge on any atom is 0.335 e. The highest BCUT2D eigenvalue weighted by Crippen LogP contribution is 2.48. The van der Waals surface area contributed by atoms with Crippen molar-refractivity contribution in [3.63, 3.8) is 0 Å². The Morgan fingerprint density at radius 1 is 1.32 bits per heavy atom. The summed E-state index contributed by atoms with van der Waals surface area (Å²) in [6.07, 6.45) is 5.12. The van der Waals surface area contributed by atoms with Crippen LogP contribution in [0.4, 0.5) is 4.39 Å². The molecule has 4 heteroatoms. The van der Waals surface area contributed by atoms with E-state index in [0.29, 0.717) is 18.3 Å². The molecule has 3 rings (SSSR count). The second-order valence-corrected chi connectivity index (χ2v) is 5.73. The minimum atomic E-state index is -1.13. The van der Waals surface area contributed by atoms with Crippen molar-refractivity contribution in [2.75, 3.05) is 6.61 Å². The third-order valence-electron chi connectivity index (χ3n) is 4.47. The predicted molar refractivity (Wildman–Crippen MR) is 67.8 cm³/mol. The molecule has 19 heavy (non-hydrogen) atoms. The number of ether oxygens (including phenoxy) is 1. The summed E-state index contributed by atoms with van der Waals surface area (Å²) < 4.78 is 18.9. The van der Waals surface area contributed by atoms with Gasteiger partial charge >= 0.3 is 5.97 Å². The average molecular weight is 264 g/mol. The molecular weight excluding hydrogens is 247 g/mol. The maximum atomic E-state index is 13.3. The molecule has 102 valence electrons. The molecule has 2 aliphatic rings. The first-order valence-corrected chi connectivity index (χ1v) is 6.78. The van der Waals surface area contributed by atoms with Crippen LogP contribution in [-0.4, -0.2) is 17.7 Å². The van der Waals surface area contributed by atoms with E-state index in [2.05, 4.69) is 0 Å². The molecule has 0 aliphatic heterocycles. The Hall–Kier alpha value is -1.58. The van der Waals surface area contributed by atoms with Crippen LogP contribution >= 0.6 is 0 Å². The molecular formula is C15H17FO3. The van der Waals surface area contributed by atoms with Gasteiger partial charge < -0.3 is 9.84 Å². The van der Waals surface area contributed by atoms with Crippen molar-refractivity contribution in [2.24, 2.45) is 17.8 Å². The Bertz CT molecular complexity index is 500. The molecule has 2 aliphatic carbocycles. The Balaban J connectivity index is 1.65. The van der Waals surface area contributed by atoms with E-state index in [0.717, 1.165) is 17.9 Å². The van der Waals surface area contributed by atoms with Crippen LogP contribution in [0.25, 0.3) is 0 Å². The van der Waals surface area contributed by atoms with Gasteiger partial charge in [0, 0.05) is 6.07 Å². The fraction of sp³-hybridized carbons (Fsp3) is 0.533. The van der Waals surface area contributed by atoms with Crippen molar-refractivity contribution in [1.82, 2.24) is 0 Å². The molecule has 0 spiro atoms. The van der Waals surface area contributed by atoms with Crippen LogP contribution in [0.2, 0.25) is 0 Å². The van der Waals surface area contributed by atoms with Gasteiger partial charge in [0.05, 0.1) is 12.2 Å². The van der Waals surface area contributed by atoms with Crippen LogP contribution in [0.1, 0.15) is 36.0 Å². The summed E-state index contributed by atoms with van der Waals surface area (Å²) in [5.74, 6) is 0.765. The summed E-state index contributed by atoms with van der Waals surface area (Å²) in [4.78, 5) is 10.8. The summed E-state index contributed by atoms with van der Waals surface area (Å²) in [5, 5.41) is 8.88. The van der Waals surface area contributed by atoms with Crippen molar-refractivity contribution in [3.05, 3.63) is 29.6 Å². The zero-order valence-corrected chi connectivity index (χ0v) is 10.6. The van der Waals surface area contributed by atoms with Gasteiger partial charge in [0.2, 0.25) is 0 Å². The lowest BCUT2D eigenvalue weighted by atomic mass is 9.89.